The second kappa shape index (κ2) is 8.06. The molecule has 0 bridgehead atoms. The van der Waals surface area contributed by atoms with Crippen LogP contribution in [0.25, 0.3) is 21.6 Å². The average Bonchev–Trinajstić information content (AvgIpc) is 3.36. The first-order valence-corrected chi connectivity index (χ1v) is 10.6. The van der Waals surface area contributed by atoms with Gasteiger partial charge in [0.25, 0.3) is 5.56 Å². The lowest BCUT2D eigenvalue weighted by atomic mass is 10.2. The van der Waals surface area contributed by atoms with Crippen molar-refractivity contribution >= 4 is 33.3 Å². The number of aromatic nitrogens is 4. The first-order valence-electron chi connectivity index (χ1n) is 8.75. The van der Waals surface area contributed by atoms with Gasteiger partial charge in [0.05, 0.1) is 11.3 Å². The van der Waals surface area contributed by atoms with Gasteiger partial charge < -0.3 is 4.52 Å². The molecular formula is C19H18N4O2S2. The minimum atomic E-state index is 0.0291. The molecule has 0 aliphatic heterocycles. The number of hydrogen-bond acceptors (Lipinski definition) is 7. The number of rotatable bonds is 7. The molecular weight excluding hydrogens is 380 g/mol. The van der Waals surface area contributed by atoms with E-state index in [1.807, 2.05) is 41.8 Å². The zero-order valence-electron chi connectivity index (χ0n) is 14.8. The van der Waals surface area contributed by atoms with Gasteiger partial charge in [-0.3, -0.25) is 9.36 Å². The molecule has 0 amide bonds. The van der Waals surface area contributed by atoms with Gasteiger partial charge in [-0.2, -0.15) is 4.98 Å². The minimum Gasteiger partial charge on any atom is -0.338 e. The van der Waals surface area contributed by atoms with E-state index in [-0.39, 0.29) is 5.56 Å². The molecule has 6 nitrogen and oxygen atoms in total. The van der Waals surface area contributed by atoms with E-state index in [0.29, 0.717) is 33.9 Å². The maximum Gasteiger partial charge on any atom is 0.272 e. The van der Waals surface area contributed by atoms with Crippen molar-refractivity contribution in [2.45, 2.75) is 37.2 Å². The van der Waals surface area contributed by atoms with E-state index >= 15 is 0 Å². The maximum absolute atomic E-state index is 12.8. The summed E-state index contributed by atoms with van der Waals surface area (Å²) in [6, 6.07) is 11.6. The largest absolute Gasteiger partial charge is 0.338 e. The van der Waals surface area contributed by atoms with Gasteiger partial charge in [0, 0.05) is 12.1 Å². The predicted octanol–water partition coefficient (Wildman–Crippen LogP) is 4.60. The second-order valence-corrected chi connectivity index (χ2v) is 7.86. The van der Waals surface area contributed by atoms with Gasteiger partial charge in [-0.1, -0.05) is 60.6 Å². The fraction of sp³-hybridized carbons (Fsp3) is 0.263. The highest BCUT2D eigenvalue weighted by Gasteiger charge is 2.15. The van der Waals surface area contributed by atoms with Crippen LogP contribution in [-0.4, -0.2) is 19.7 Å². The summed E-state index contributed by atoms with van der Waals surface area (Å²) in [5.41, 5.74) is 1.69. The maximum atomic E-state index is 12.8. The van der Waals surface area contributed by atoms with Crippen LogP contribution in [0.3, 0.4) is 0 Å². The molecule has 3 heterocycles. The third-order valence-corrected chi connectivity index (χ3v) is 5.94. The lowest BCUT2D eigenvalue weighted by Crippen LogP contribution is -2.22. The molecule has 4 aromatic rings. The molecule has 0 unspecified atom stereocenters. The Morgan fingerprint density at radius 3 is 2.85 bits per heavy atom. The third kappa shape index (κ3) is 3.81. The Bertz CT molecular complexity index is 1100. The summed E-state index contributed by atoms with van der Waals surface area (Å²) in [6.07, 6.45) is 1.95. The van der Waals surface area contributed by atoms with Gasteiger partial charge in [0.2, 0.25) is 11.7 Å². The molecule has 8 heteroatoms. The monoisotopic (exact) mass is 398 g/mol. The molecule has 0 aliphatic rings. The summed E-state index contributed by atoms with van der Waals surface area (Å²) in [6.45, 7) is 2.77. The van der Waals surface area contributed by atoms with Crippen LogP contribution in [0.15, 0.2) is 56.3 Å². The van der Waals surface area contributed by atoms with Gasteiger partial charge in [0.1, 0.15) is 4.70 Å². The lowest BCUT2D eigenvalue weighted by molar-refractivity contribution is 0.391. The Morgan fingerprint density at radius 2 is 2.04 bits per heavy atom. The van der Waals surface area contributed by atoms with E-state index < -0.39 is 0 Å². The summed E-state index contributed by atoms with van der Waals surface area (Å²) in [5.74, 6) is 1.55. The van der Waals surface area contributed by atoms with Crippen molar-refractivity contribution < 1.29 is 4.52 Å². The van der Waals surface area contributed by atoms with Gasteiger partial charge in [-0.15, -0.1) is 11.3 Å². The van der Waals surface area contributed by atoms with Crippen LogP contribution in [0, 0.1) is 0 Å². The van der Waals surface area contributed by atoms with Crippen molar-refractivity contribution in [3.8, 4) is 11.4 Å². The number of unbranched alkanes of at least 4 members (excludes halogenated alkanes) is 1. The predicted molar refractivity (Wildman–Crippen MR) is 108 cm³/mol. The quantitative estimate of drug-likeness (QED) is 0.335. The topological polar surface area (TPSA) is 73.8 Å². The van der Waals surface area contributed by atoms with Gasteiger partial charge in [0.15, 0.2) is 5.16 Å². The Kier molecular flexibility index (Phi) is 5.35. The number of thioether (sulfide) groups is 1. The van der Waals surface area contributed by atoms with E-state index in [0.717, 1.165) is 23.9 Å². The standard InChI is InChI=1S/C19H18N4O2S2/c1-2-3-10-23-18(24)16-14(9-11-26-16)20-19(23)27-12-15-21-17(22-25-15)13-7-5-4-6-8-13/h4-9,11H,2-3,10,12H2,1H3. The molecule has 3 aromatic heterocycles. The molecule has 0 atom stereocenters. The molecule has 0 aliphatic carbocycles. The molecule has 0 saturated carbocycles. The molecule has 138 valence electrons. The van der Waals surface area contributed by atoms with Crippen molar-refractivity contribution in [2.24, 2.45) is 0 Å². The highest BCUT2D eigenvalue weighted by molar-refractivity contribution is 7.98. The minimum absolute atomic E-state index is 0.0291. The van der Waals surface area contributed by atoms with Crippen LogP contribution >= 0.6 is 23.1 Å². The van der Waals surface area contributed by atoms with Gasteiger partial charge in [-0.05, 0) is 17.9 Å². The lowest BCUT2D eigenvalue weighted by Gasteiger charge is -2.10. The zero-order valence-corrected chi connectivity index (χ0v) is 16.4. The molecule has 0 fully saturated rings. The van der Waals surface area contributed by atoms with Gasteiger partial charge >= 0.3 is 0 Å². The zero-order chi connectivity index (χ0) is 18.6. The molecule has 0 spiro atoms. The number of thiophene rings is 1. The van der Waals surface area contributed by atoms with Crippen LogP contribution in [-0.2, 0) is 12.3 Å². The highest BCUT2D eigenvalue weighted by atomic mass is 32.2. The van der Waals surface area contributed by atoms with Gasteiger partial charge in [-0.25, -0.2) is 4.98 Å². The van der Waals surface area contributed by atoms with Crippen molar-refractivity contribution in [1.82, 2.24) is 19.7 Å². The van der Waals surface area contributed by atoms with E-state index in [1.165, 1.54) is 23.1 Å². The van der Waals surface area contributed by atoms with E-state index in [9.17, 15) is 4.79 Å². The van der Waals surface area contributed by atoms with Crippen LogP contribution in [0.2, 0.25) is 0 Å². The van der Waals surface area contributed by atoms with Crippen molar-refractivity contribution in [1.29, 1.82) is 0 Å². The number of nitrogens with zero attached hydrogens (tertiary/aromatic N) is 4. The number of benzene rings is 1. The summed E-state index contributed by atoms with van der Waals surface area (Å²) >= 11 is 2.89. The third-order valence-electron chi connectivity index (χ3n) is 4.09. The summed E-state index contributed by atoms with van der Waals surface area (Å²) < 4.78 is 7.84. The second-order valence-electron chi connectivity index (χ2n) is 6.01. The first kappa shape index (κ1) is 17.9. The summed E-state index contributed by atoms with van der Waals surface area (Å²) in [5, 5.41) is 6.64. The van der Waals surface area contributed by atoms with Crippen LogP contribution < -0.4 is 5.56 Å². The number of hydrogen-bond donors (Lipinski definition) is 0. The Morgan fingerprint density at radius 1 is 1.19 bits per heavy atom. The van der Waals surface area contributed by atoms with Crippen LogP contribution in [0.5, 0.6) is 0 Å². The molecule has 0 saturated heterocycles. The Labute approximate surface area is 164 Å². The smallest absolute Gasteiger partial charge is 0.272 e. The van der Waals surface area contributed by atoms with Crippen molar-refractivity contribution in [2.75, 3.05) is 0 Å². The summed E-state index contributed by atoms with van der Waals surface area (Å²) in [4.78, 5) is 21.9. The van der Waals surface area contributed by atoms with Crippen LogP contribution in [0.1, 0.15) is 25.7 Å². The molecule has 1 aromatic carbocycles. The number of fused-ring (bicyclic) bond motifs is 1. The normalized spacial score (nSPS) is 11.3. The fourth-order valence-corrected chi connectivity index (χ4v) is 4.33. The van der Waals surface area contributed by atoms with E-state index in [4.69, 9.17) is 4.52 Å². The average molecular weight is 399 g/mol. The fourth-order valence-electron chi connectivity index (χ4n) is 2.69. The molecule has 27 heavy (non-hydrogen) atoms. The first-order chi connectivity index (χ1) is 13.3. The molecule has 4 rings (SSSR count). The molecule has 0 N–H and O–H groups in total. The summed E-state index contributed by atoms with van der Waals surface area (Å²) in [7, 11) is 0. The van der Waals surface area contributed by atoms with Crippen molar-refractivity contribution in [3.05, 3.63) is 58.0 Å². The Hall–Kier alpha value is -2.45. The highest BCUT2D eigenvalue weighted by Crippen LogP contribution is 2.25. The van der Waals surface area contributed by atoms with E-state index in [1.54, 1.807) is 4.57 Å². The SMILES string of the molecule is CCCCn1c(SCc2nc(-c3ccccc3)no2)nc2ccsc2c1=O. The van der Waals surface area contributed by atoms with Crippen molar-refractivity contribution in [3.63, 3.8) is 0 Å². The van der Waals surface area contributed by atoms with E-state index in [2.05, 4.69) is 22.0 Å². The van der Waals surface area contributed by atoms with Crippen LogP contribution in [0.4, 0.5) is 0 Å². The Balaban J connectivity index is 1.58. The molecule has 0 radical (unpaired) electrons.